The number of nitrogens with two attached hydrogens (primary N) is 1. The van der Waals surface area contributed by atoms with Gasteiger partial charge in [0.25, 0.3) is 0 Å². The van der Waals surface area contributed by atoms with E-state index in [1.165, 1.54) is 4.88 Å². The van der Waals surface area contributed by atoms with Gasteiger partial charge >= 0.3 is 0 Å². The van der Waals surface area contributed by atoms with Crippen molar-refractivity contribution in [1.29, 1.82) is 0 Å². The zero-order chi connectivity index (χ0) is 8.06. The number of aromatic nitrogens is 1. The average molecular weight is 168 g/mol. The van der Waals surface area contributed by atoms with Crippen molar-refractivity contribution in [1.82, 2.24) is 4.98 Å². The van der Waals surface area contributed by atoms with E-state index in [-0.39, 0.29) is 0 Å². The molecule has 1 heterocycles. The lowest BCUT2D eigenvalue weighted by molar-refractivity contribution is 0.601. The van der Waals surface area contributed by atoms with Crippen LogP contribution in [0.15, 0.2) is 11.7 Å². The summed E-state index contributed by atoms with van der Waals surface area (Å²) >= 11 is 1.71. The van der Waals surface area contributed by atoms with Gasteiger partial charge in [0.05, 0.1) is 5.51 Å². The number of thiazole rings is 1. The van der Waals surface area contributed by atoms with Crippen LogP contribution in [-0.4, -0.2) is 11.0 Å². The summed E-state index contributed by atoms with van der Waals surface area (Å²) in [5.74, 6) is 0.551. The molecule has 0 saturated heterocycles. The Labute approximate surface area is 70.5 Å². The largest absolute Gasteiger partial charge is 0.327 e. The Morgan fingerprint density at radius 2 is 2.27 bits per heavy atom. The van der Waals surface area contributed by atoms with Crippen molar-refractivity contribution in [3.63, 3.8) is 0 Å². The van der Waals surface area contributed by atoms with Crippen LogP contribution in [0, 0.1) is 5.41 Å². The first kappa shape index (κ1) is 7.25. The van der Waals surface area contributed by atoms with Crippen LogP contribution in [0.4, 0.5) is 0 Å². The van der Waals surface area contributed by atoms with Gasteiger partial charge in [-0.15, -0.1) is 11.3 Å². The molecule has 0 aliphatic heterocycles. The van der Waals surface area contributed by atoms with Gasteiger partial charge in [-0.05, 0) is 5.41 Å². The molecule has 0 aromatic carbocycles. The van der Waals surface area contributed by atoms with E-state index in [0.717, 1.165) is 0 Å². The van der Waals surface area contributed by atoms with Crippen molar-refractivity contribution in [3.05, 3.63) is 16.6 Å². The van der Waals surface area contributed by atoms with Crippen LogP contribution < -0.4 is 5.73 Å². The van der Waals surface area contributed by atoms with Crippen LogP contribution in [0.2, 0.25) is 0 Å². The van der Waals surface area contributed by atoms with E-state index in [4.69, 9.17) is 5.73 Å². The highest BCUT2D eigenvalue weighted by Crippen LogP contribution is 2.57. The minimum Gasteiger partial charge on any atom is -0.327 e. The number of nitrogens with zero attached hydrogens (tertiary/aromatic N) is 1. The summed E-state index contributed by atoms with van der Waals surface area (Å²) in [5, 5.41) is 0. The minimum absolute atomic E-state index is 0.298. The smallest absolute Gasteiger partial charge is 0.0794 e. The molecular weight excluding hydrogens is 156 g/mol. The summed E-state index contributed by atoms with van der Waals surface area (Å²) in [6, 6.07) is 0.336. The molecule has 1 fully saturated rings. The Morgan fingerprint density at radius 3 is 2.64 bits per heavy atom. The molecule has 1 aliphatic carbocycles. The lowest BCUT2D eigenvalue weighted by Crippen LogP contribution is -2.06. The van der Waals surface area contributed by atoms with E-state index < -0.39 is 0 Å². The third-order valence-corrected chi connectivity index (χ3v) is 3.53. The quantitative estimate of drug-likeness (QED) is 0.691. The molecule has 2 unspecified atom stereocenters. The summed E-state index contributed by atoms with van der Waals surface area (Å²) < 4.78 is 0. The monoisotopic (exact) mass is 168 g/mol. The van der Waals surface area contributed by atoms with Gasteiger partial charge in [-0.25, -0.2) is 0 Å². The molecule has 0 radical (unpaired) electrons. The van der Waals surface area contributed by atoms with Gasteiger partial charge in [0.15, 0.2) is 0 Å². The molecule has 1 aromatic rings. The van der Waals surface area contributed by atoms with Gasteiger partial charge in [-0.1, -0.05) is 13.8 Å². The van der Waals surface area contributed by atoms with Crippen molar-refractivity contribution in [3.8, 4) is 0 Å². The van der Waals surface area contributed by atoms with Crippen molar-refractivity contribution < 1.29 is 0 Å². The SMILES string of the molecule is CC1(C)C(N)C1c1cncs1. The van der Waals surface area contributed by atoms with Crippen LogP contribution >= 0.6 is 11.3 Å². The van der Waals surface area contributed by atoms with E-state index >= 15 is 0 Å². The molecular formula is C8H12N2S. The Morgan fingerprint density at radius 1 is 1.64 bits per heavy atom. The maximum atomic E-state index is 5.91. The van der Waals surface area contributed by atoms with Crippen LogP contribution in [-0.2, 0) is 0 Å². The summed E-state index contributed by atoms with van der Waals surface area (Å²) in [6.45, 7) is 4.42. The molecule has 1 aromatic heterocycles. The van der Waals surface area contributed by atoms with E-state index in [1.807, 2.05) is 11.7 Å². The first-order valence-electron chi connectivity index (χ1n) is 3.78. The summed E-state index contributed by atoms with van der Waals surface area (Å²) in [5.41, 5.74) is 8.08. The molecule has 60 valence electrons. The van der Waals surface area contributed by atoms with Crippen LogP contribution in [0.5, 0.6) is 0 Å². The molecule has 2 atom stereocenters. The molecule has 3 heteroatoms. The van der Waals surface area contributed by atoms with Crippen LogP contribution in [0.1, 0.15) is 24.6 Å². The molecule has 0 bridgehead atoms. The summed E-state index contributed by atoms with van der Waals surface area (Å²) in [6.07, 6.45) is 1.93. The molecule has 2 nitrogen and oxygen atoms in total. The highest BCUT2D eigenvalue weighted by molar-refractivity contribution is 7.09. The van der Waals surface area contributed by atoms with Crippen LogP contribution in [0.25, 0.3) is 0 Å². The fraction of sp³-hybridized carbons (Fsp3) is 0.625. The molecule has 2 N–H and O–H groups in total. The average Bonchev–Trinajstić information content (AvgIpc) is 2.40. The highest BCUT2D eigenvalue weighted by Gasteiger charge is 2.56. The lowest BCUT2D eigenvalue weighted by atomic mass is 10.1. The number of hydrogen-bond donors (Lipinski definition) is 1. The van der Waals surface area contributed by atoms with E-state index in [0.29, 0.717) is 17.4 Å². The lowest BCUT2D eigenvalue weighted by Gasteiger charge is -1.96. The zero-order valence-electron chi connectivity index (χ0n) is 6.74. The normalized spacial score (nSPS) is 33.7. The molecule has 1 saturated carbocycles. The number of rotatable bonds is 1. The topological polar surface area (TPSA) is 38.9 Å². The van der Waals surface area contributed by atoms with Crippen molar-refractivity contribution in [2.75, 3.05) is 0 Å². The first-order valence-corrected chi connectivity index (χ1v) is 4.66. The second kappa shape index (κ2) is 2.05. The molecule has 0 amide bonds. The Kier molecular flexibility index (Phi) is 1.35. The fourth-order valence-corrected chi connectivity index (χ4v) is 2.56. The minimum atomic E-state index is 0.298. The summed E-state index contributed by atoms with van der Waals surface area (Å²) in [7, 11) is 0. The summed E-state index contributed by atoms with van der Waals surface area (Å²) in [4.78, 5) is 5.38. The number of hydrogen-bond acceptors (Lipinski definition) is 3. The Hall–Kier alpha value is -0.410. The van der Waals surface area contributed by atoms with Gasteiger partial charge in [0.1, 0.15) is 0 Å². The maximum absolute atomic E-state index is 5.91. The second-order valence-electron chi connectivity index (χ2n) is 3.73. The van der Waals surface area contributed by atoms with Crippen LogP contribution in [0.3, 0.4) is 0 Å². The predicted molar refractivity (Wildman–Crippen MR) is 46.6 cm³/mol. The van der Waals surface area contributed by atoms with Gasteiger partial charge in [0.2, 0.25) is 0 Å². The molecule has 1 aliphatic rings. The van der Waals surface area contributed by atoms with E-state index in [2.05, 4.69) is 18.8 Å². The fourth-order valence-electron chi connectivity index (χ4n) is 1.60. The van der Waals surface area contributed by atoms with Crippen molar-refractivity contribution in [2.24, 2.45) is 11.1 Å². The second-order valence-corrected chi connectivity index (χ2v) is 4.65. The third-order valence-electron chi connectivity index (χ3n) is 2.67. The standard InChI is InChI=1S/C8H12N2S/c1-8(2)6(7(8)9)5-3-10-4-11-5/h3-4,6-7H,9H2,1-2H3. The van der Waals surface area contributed by atoms with Gasteiger partial charge in [-0.2, -0.15) is 0 Å². The molecule has 2 rings (SSSR count). The zero-order valence-corrected chi connectivity index (χ0v) is 7.56. The van der Waals surface area contributed by atoms with Crippen molar-refractivity contribution >= 4 is 11.3 Å². The van der Waals surface area contributed by atoms with Crippen molar-refractivity contribution in [2.45, 2.75) is 25.8 Å². The van der Waals surface area contributed by atoms with Gasteiger partial charge < -0.3 is 5.73 Å². The third kappa shape index (κ3) is 0.914. The predicted octanol–water partition coefficient (Wildman–Crippen LogP) is 1.59. The van der Waals surface area contributed by atoms with E-state index in [1.54, 1.807) is 11.3 Å². The van der Waals surface area contributed by atoms with E-state index in [9.17, 15) is 0 Å². The Balaban J connectivity index is 2.23. The maximum Gasteiger partial charge on any atom is 0.0794 e. The Bertz CT molecular complexity index is 253. The van der Waals surface area contributed by atoms with Gasteiger partial charge in [0, 0.05) is 23.0 Å². The molecule has 0 spiro atoms. The van der Waals surface area contributed by atoms with Gasteiger partial charge in [-0.3, -0.25) is 4.98 Å². The first-order chi connectivity index (χ1) is 5.14. The molecule has 11 heavy (non-hydrogen) atoms. The highest BCUT2D eigenvalue weighted by atomic mass is 32.1.